The Balaban J connectivity index is 1.53. The van der Waals surface area contributed by atoms with Gasteiger partial charge in [0, 0.05) is 12.0 Å². The number of carbonyl (C=O) groups is 3. The first-order valence-electron chi connectivity index (χ1n) is 12.8. The number of ether oxygens (including phenoxy) is 2. The number of aromatic nitrogens is 1. The first kappa shape index (κ1) is 25.8. The predicted octanol–water partition coefficient (Wildman–Crippen LogP) is 5.65. The van der Waals surface area contributed by atoms with Crippen molar-refractivity contribution in [2.75, 3.05) is 12.0 Å². The highest BCUT2D eigenvalue weighted by Crippen LogP contribution is 2.45. The van der Waals surface area contributed by atoms with Crippen molar-refractivity contribution in [2.45, 2.75) is 39.3 Å². The van der Waals surface area contributed by atoms with Crippen molar-refractivity contribution in [3.05, 3.63) is 93.6 Å². The van der Waals surface area contributed by atoms with Crippen LogP contribution in [-0.4, -0.2) is 41.0 Å². The number of Topliss-reactive ketones (excluding diaryl/α,β-unsaturated/α-hetero) is 1. The minimum atomic E-state index is -0.961. The number of hydrogen-bond acceptors (Lipinski definition) is 8. The summed E-state index contributed by atoms with van der Waals surface area (Å²) >= 11 is 1.31. The molecule has 1 N–H and O–H groups in total. The largest absolute Gasteiger partial charge is 0.507 e. The van der Waals surface area contributed by atoms with Gasteiger partial charge in [-0.05, 0) is 79.4 Å². The number of methoxy groups -OCH3 is 1. The lowest BCUT2D eigenvalue weighted by atomic mass is 9.94. The maximum Gasteiger partial charge on any atom is 0.337 e. The number of esters is 1. The fourth-order valence-electron chi connectivity index (χ4n) is 5.45. The number of hydrogen-bond donors (Lipinski definition) is 1. The Morgan fingerprint density at radius 1 is 1.07 bits per heavy atom. The quantitative estimate of drug-likeness (QED) is 0.150. The number of aliphatic hydroxyl groups is 1. The molecule has 2 atom stereocenters. The summed E-state index contributed by atoms with van der Waals surface area (Å²) in [5.41, 5.74) is 4.92. The van der Waals surface area contributed by atoms with Gasteiger partial charge >= 0.3 is 11.9 Å². The molecule has 9 heteroatoms. The van der Waals surface area contributed by atoms with Crippen molar-refractivity contribution in [2.24, 2.45) is 0 Å². The summed E-state index contributed by atoms with van der Waals surface area (Å²) in [4.78, 5) is 45.4. The number of benzene rings is 3. The first-order valence-corrected chi connectivity index (χ1v) is 13.6. The highest BCUT2D eigenvalue weighted by molar-refractivity contribution is 7.22. The van der Waals surface area contributed by atoms with Gasteiger partial charge in [0.1, 0.15) is 17.6 Å². The van der Waals surface area contributed by atoms with Crippen molar-refractivity contribution in [1.29, 1.82) is 0 Å². The fraction of sp³-hybridized carbons (Fsp3) is 0.226. The monoisotopic (exact) mass is 554 g/mol. The molecule has 40 heavy (non-hydrogen) atoms. The van der Waals surface area contributed by atoms with Gasteiger partial charge in [0.05, 0.1) is 34.5 Å². The van der Waals surface area contributed by atoms with Crippen LogP contribution >= 0.6 is 11.3 Å². The maximum atomic E-state index is 13.6. The van der Waals surface area contributed by atoms with Gasteiger partial charge in [-0.3, -0.25) is 14.5 Å². The van der Waals surface area contributed by atoms with Gasteiger partial charge in [-0.25, -0.2) is 9.78 Å². The summed E-state index contributed by atoms with van der Waals surface area (Å²) in [6.45, 7) is 5.90. The lowest BCUT2D eigenvalue weighted by Gasteiger charge is -2.23. The lowest BCUT2D eigenvalue weighted by molar-refractivity contribution is -0.132. The van der Waals surface area contributed by atoms with E-state index in [1.54, 1.807) is 42.5 Å². The Morgan fingerprint density at radius 2 is 1.80 bits per heavy atom. The van der Waals surface area contributed by atoms with Crippen LogP contribution in [-0.2, 0) is 20.7 Å². The molecule has 0 aliphatic carbocycles. The van der Waals surface area contributed by atoms with Crippen LogP contribution in [0.1, 0.15) is 51.1 Å². The minimum Gasteiger partial charge on any atom is -0.507 e. The van der Waals surface area contributed by atoms with Crippen LogP contribution < -0.4 is 9.64 Å². The molecule has 6 rings (SSSR count). The molecule has 1 fully saturated rings. The number of nitrogens with zero attached hydrogens (tertiary/aromatic N) is 2. The van der Waals surface area contributed by atoms with Crippen LogP contribution in [0.3, 0.4) is 0 Å². The number of aryl methyl sites for hydroxylation is 2. The van der Waals surface area contributed by atoms with Crippen molar-refractivity contribution in [3.63, 3.8) is 0 Å². The number of anilines is 1. The molecule has 202 valence electrons. The van der Waals surface area contributed by atoms with E-state index in [0.717, 1.165) is 32.7 Å². The third-order valence-corrected chi connectivity index (χ3v) is 8.29. The zero-order chi connectivity index (χ0) is 28.3. The van der Waals surface area contributed by atoms with Crippen LogP contribution in [0, 0.1) is 13.8 Å². The van der Waals surface area contributed by atoms with E-state index in [0.29, 0.717) is 28.2 Å². The molecule has 4 aromatic rings. The zero-order valence-corrected chi connectivity index (χ0v) is 23.2. The smallest absolute Gasteiger partial charge is 0.337 e. The molecule has 1 amide bonds. The van der Waals surface area contributed by atoms with Crippen LogP contribution in [0.2, 0.25) is 0 Å². The SMILES string of the molecule is COC(=O)c1ccc([C@@H]2/C(=C(\O)c3ccc4c(c3)C[C@@H](C)O4)C(=O)C(=O)N2c2nc3c(C)cc(C)cc3s2)cc1. The first-order chi connectivity index (χ1) is 19.2. The van der Waals surface area contributed by atoms with Gasteiger partial charge in [-0.2, -0.15) is 0 Å². The summed E-state index contributed by atoms with van der Waals surface area (Å²) < 4.78 is 11.5. The molecular formula is C31H26N2O6S. The average molecular weight is 555 g/mol. The number of aliphatic hydroxyl groups excluding tert-OH is 1. The average Bonchev–Trinajstić information content (AvgIpc) is 3.60. The van der Waals surface area contributed by atoms with Crippen LogP contribution in [0.15, 0.2) is 60.2 Å². The standard InChI is InChI=1S/C31H26N2O6S/c1-15-11-16(2)25-23(12-15)40-31(32-25)33-26(18-5-7-19(8-6-18)30(37)38-4)24(28(35)29(33)36)27(34)20-9-10-22-21(14-20)13-17(3)39-22/h5-12,14,17,26,34H,13H2,1-4H3/b27-24+/t17-,26-/m1/s1. The molecule has 2 aliphatic heterocycles. The van der Waals surface area contributed by atoms with E-state index in [9.17, 15) is 19.5 Å². The Kier molecular flexibility index (Phi) is 6.18. The molecule has 0 unspecified atom stereocenters. The molecular weight excluding hydrogens is 528 g/mol. The van der Waals surface area contributed by atoms with Gasteiger partial charge in [0.15, 0.2) is 5.13 Å². The van der Waals surface area contributed by atoms with E-state index in [1.807, 2.05) is 32.9 Å². The second kappa shape index (κ2) is 9.60. The molecule has 0 spiro atoms. The van der Waals surface area contributed by atoms with Crippen molar-refractivity contribution < 1.29 is 29.0 Å². The van der Waals surface area contributed by atoms with Crippen molar-refractivity contribution in [3.8, 4) is 5.75 Å². The molecule has 1 saturated heterocycles. The molecule has 0 bridgehead atoms. The third-order valence-electron chi connectivity index (χ3n) is 7.29. The summed E-state index contributed by atoms with van der Waals surface area (Å²) in [7, 11) is 1.30. The molecule has 8 nitrogen and oxygen atoms in total. The molecule has 1 aromatic heterocycles. The Morgan fingerprint density at radius 3 is 2.52 bits per heavy atom. The number of carbonyl (C=O) groups excluding carboxylic acids is 3. The minimum absolute atomic E-state index is 0.0115. The molecule has 3 heterocycles. The molecule has 2 aliphatic rings. The summed E-state index contributed by atoms with van der Waals surface area (Å²) in [5, 5.41) is 11.9. The zero-order valence-electron chi connectivity index (χ0n) is 22.3. The van der Waals surface area contributed by atoms with E-state index in [2.05, 4.69) is 0 Å². The second-order valence-electron chi connectivity index (χ2n) is 10.2. The highest BCUT2D eigenvalue weighted by atomic mass is 32.1. The van der Waals surface area contributed by atoms with Crippen molar-refractivity contribution in [1.82, 2.24) is 4.98 Å². The number of ketones is 1. The van der Waals surface area contributed by atoms with Crippen LogP contribution in [0.4, 0.5) is 5.13 Å². The Bertz CT molecular complexity index is 1750. The normalized spacial score (nSPS) is 19.6. The Labute approximate surface area is 234 Å². The summed E-state index contributed by atoms with van der Waals surface area (Å²) in [6, 6.07) is 14.7. The van der Waals surface area contributed by atoms with E-state index < -0.39 is 23.7 Å². The summed E-state index contributed by atoms with van der Waals surface area (Å²) in [5.74, 6) is -1.64. The van der Waals surface area contributed by atoms with E-state index in [-0.39, 0.29) is 17.4 Å². The van der Waals surface area contributed by atoms with E-state index in [4.69, 9.17) is 14.5 Å². The van der Waals surface area contributed by atoms with E-state index >= 15 is 0 Å². The van der Waals surface area contributed by atoms with Gasteiger partial charge in [0.2, 0.25) is 0 Å². The number of rotatable bonds is 4. The fourth-order valence-corrected chi connectivity index (χ4v) is 6.62. The highest BCUT2D eigenvalue weighted by Gasteiger charge is 2.48. The van der Waals surface area contributed by atoms with Crippen LogP contribution in [0.5, 0.6) is 5.75 Å². The number of amides is 1. The second-order valence-corrected chi connectivity index (χ2v) is 11.2. The van der Waals surface area contributed by atoms with E-state index in [1.165, 1.54) is 23.3 Å². The van der Waals surface area contributed by atoms with Gasteiger partial charge in [0.25, 0.3) is 5.78 Å². The number of fused-ring (bicyclic) bond motifs is 2. The van der Waals surface area contributed by atoms with Gasteiger partial charge in [-0.15, -0.1) is 0 Å². The van der Waals surface area contributed by atoms with Crippen LogP contribution in [0.25, 0.3) is 16.0 Å². The van der Waals surface area contributed by atoms with Gasteiger partial charge in [-0.1, -0.05) is 29.5 Å². The topological polar surface area (TPSA) is 106 Å². The van der Waals surface area contributed by atoms with Gasteiger partial charge < -0.3 is 14.6 Å². The maximum absolute atomic E-state index is 13.6. The molecule has 3 aromatic carbocycles. The lowest BCUT2D eigenvalue weighted by Crippen LogP contribution is -2.29. The van der Waals surface area contributed by atoms with Crippen molar-refractivity contribution >= 4 is 50.1 Å². The molecule has 0 saturated carbocycles. The Hall–Kier alpha value is -4.50. The molecule has 0 radical (unpaired) electrons. The summed E-state index contributed by atoms with van der Waals surface area (Å²) in [6.07, 6.45) is 0.686. The third kappa shape index (κ3) is 4.14. The number of thiazole rings is 1. The predicted molar refractivity (Wildman–Crippen MR) is 152 cm³/mol.